The van der Waals surface area contributed by atoms with Crippen molar-refractivity contribution >= 4 is 11.6 Å². The Morgan fingerprint density at radius 2 is 2.07 bits per heavy atom. The third kappa shape index (κ3) is 4.95. The fourth-order valence-electron chi connectivity index (χ4n) is 0.938. The van der Waals surface area contributed by atoms with E-state index in [1.165, 1.54) is 0 Å². The van der Waals surface area contributed by atoms with E-state index in [1.54, 1.807) is 12.4 Å². The molecule has 0 atom stereocenters. The lowest BCUT2D eigenvalue weighted by molar-refractivity contribution is 0.0988. The summed E-state index contributed by atoms with van der Waals surface area (Å²) in [6, 6.07) is 0. The standard InChI is InChI=1S/C10H15ClN2O2/c1-2-3-14-4-5-15-10-8-12-9(6-11)7-13-10/h7-8H,2-6H2,1H3. The van der Waals surface area contributed by atoms with Crippen LogP contribution >= 0.6 is 11.6 Å². The molecule has 0 saturated carbocycles. The van der Waals surface area contributed by atoms with Crippen molar-refractivity contribution in [1.82, 2.24) is 9.97 Å². The fraction of sp³-hybridized carbons (Fsp3) is 0.600. The first-order valence-corrected chi connectivity index (χ1v) is 5.47. The molecule has 5 heteroatoms. The normalized spacial score (nSPS) is 10.3. The van der Waals surface area contributed by atoms with Gasteiger partial charge in [-0.25, -0.2) is 4.98 Å². The summed E-state index contributed by atoms with van der Waals surface area (Å²) in [6.45, 7) is 3.90. The molecule has 84 valence electrons. The molecule has 0 N–H and O–H groups in total. The average Bonchev–Trinajstić information content (AvgIpc) is 2.30. The summed E-state index contributed by atoms with van der Waals surface area (Å²) in [5.41, 5.74) is 0.742. The predicted octanol–water partition coefficient (Wildman–Crippen LogP) is 2.02. The van der Waals surface area contributed by atoms with Gasteiger partial charge in [0, 0.05) is 6.61 Å². The Hall–Kier alpha value is -0.870. The van der Waals surface area contributed by atoms with Gasteiger partial charge in [-0.3, -0.25) is 4.98 Å². The van der Waals surface area contributed by atoms with E-state index < -0.39 is 0 Å². The van der Waals surface area contributed by atoms with E-state index in [2.05, 4.69) is 16.9 Å². The number of nitrogens with zero attached hydrogens (tertiary/aromatic N) is 2. The Morgan fingerprint density at radius 3 is 2.67 bits per heavy atom. The Kier molecular flexibility index (Phi) is 6.04. The van der Waals surface area contributed by atoms with Crippen LogP contribution in [0, 0.1) is 0 Å². The van der Waals surface area contributed by atoms with Crippen LogP contribution in [0.2, 0.25) is 0 Å². The van der Waals surface area contributed by atoms with Gasteiger partial charge in [-0.15, -0.1) is 11.6 Å². The summed E-state index contributed by atoms with van der Waals surface area (Å²) in [4.78, 5) is 8.09. The molecule has 1 heterocycles. The monoisotopic (exact) mass is 230 g/mol. The number of ether oxygens (including phenoxy) is 2. The van der Waals surface area contributed by atoms with Crippen molar-refractivity contribution in [2.24, 2.45) is 0 Å². The van der Waals surface area contributed by atoms with Crippen LogP contribution in [0.15, 0.2) is 12.4 Å². The molecule has 0 aliphatic rings. The van der Waals surface area contributed by atoms with Gasteiger partial charge in [0.1, 0.15) is 6.61 Å². The summed E-state index contributed by atoms with van der Waals surface area (Å²) >= 11 is 5.58. The van der Waals surface area contributed by atoms with Crippen molar-refractivity contribution in [3.8, 4) is 5.88 Å². The zero-order valence-corrected chi connectivity index (χ0v) is 9.54. The van der Waals surface area contributed by atoms with Crippen molar-refractivity contribution in [2.45, 2.75) is 19.2 Å². The number of hydrogen-bond donors (Lipinski definition) is 0. The molecular formula is C10H15ClN2O2. The van der Waals surface area contributed by atoms with Crippen LogP contribution in [0.3, 0.4) is 0 Å². The quantitative estimate of drug-likeness (QED) is 0.531. The van der Waals surface area contributed by atoms with Gasteiger partial charge in [0.25, 0.3) is 0 Å². The van der Waals surface area contributed by atoms with E-state index in [-0.39, 0.29) is 0 Å². The predicted molar refractivity (Wildman–Crippen MR) is 58.2 cm³/mol. The van der Waals surface area contributed by atoms with Crippen molar-refractivity contribution in [2.75, 3.05) is 19.8 Å². The minimum atomic E-state index is 0.368. The SMILES string of the molecule is CCCOCCOc1cnc(CCl)cn1. The Bertz CT molecular complexity index is 267. The van der Waals surface area contributed by atoms with Crippen LogP contribution in [0.5, 0.6) is 5.88 Å². The Balaban J connectivity index is 2.20. The molecule has 0 radical (unpaired) electrons. The summed E-state index contributed by atoms with van der Waals surface area (Å²) in [5.74, 6) is 0.872. The first-order valence-electron chi connectivity index (χ1n) is 4.94. The Morgan fingerprint density at radius 1 is 1.20 bits per heavy atom. The second-order valence-corrected chi connectivity index (χ2v) is 3.21. The van der Waals surface area contributed by atoms with Gasteiger partial charge >= 0.3 is 0 Å². The number of hydrogen-bond acceptors (Lipinski definition) is 4. The third-order valence-electron chi connectivity index (χ3n) is 1.64. The summed E-state index contributed by atoms with van der Waals surface area (Å²) in [5, 5.41) is 0. The fourth-order valence-corrected chi connectivity index (χ4v) is 1.08. The summed E-state index contributed by atoms with van der Waals surface area (Å²) in [7, 11) is 0. The molecule has 0 amide bonds. The Labute approximate surface area is 94.6 Å². The van der Waals surface area contributed by atoms with Gasteiger partial charge in [-0.05, 0) is 6.42 Å². The van der Waals surface area contributed by atoms with Crippen molar-refractivity contribution in [3.05, 3.63) is 18.1 Å². The molecular weight excluding hydrogens is 216 g/mol. The van der Waals surface area contributed by atoms with Crippen LogP contribution in [-0.4, -0.2) is 29.8 Å². The second-order valence-electron chi connectivity index (χ2n) is 2.94. The summed E-state index contributed by atoms with van der Waals surface area (Å²) < 4.78 is 10.6. The topological polar surface area (TPSA) is 44.2 Å². The van der Waals surface area contributed by atoms with Crippen LogP contribution in [0.25, 0.3) is 0 Å². The largest absolute Gasteiger partial charge is 0.474 e. The zero-order chi connectivity index (χ0) is 10.9. The highest BCUT2D eigenvalue weighted by Crippen LogP contribution is 2.05. The molecule has 0 aliphatic heterocycles. The zero-order valence-electron chi connectivity index (χ0n) is 8.78. The highest BCUT2D eigenvalue weighted by molar-refractivity contribution is 6.16. The highest BCUT2D eigenvalue weighted by Gasteiger charge is 1.97. The number of rotatable bonds is 7. The molecule has 0 aromatic carbocycles. The van der Waals surface area contributed by atoms with Gasteiger partial charge < -0.3 is 9.47 Å². The van der Waals surface area contributed by atoms with E-state index in [0.29, 0.717) is 25.0 Å². The van der Waals surface area contributed by atoms with Crippen LogP contribution < -0.4 is 4.74 Å². The minimum absolute atomic E-state index is 0.368. The molecule has 15 heavy (non-hydrogen) atoms. The maximum absolute atomic E-state index is 5.58. The first kappa shape index (κ1) is 12.2. The lowest BCUT2D eigenvalue weighted by Gasteiger charge is -2.05. The van der Waals surface area contributed by atoms with Gasteiger partial charge in [0.2, 0.25) is 5.88 Å². The smallest absolute Gasteiger partial charge is 0.232 e. The molecule has 4 nitrogen and oxygen atoms in total. The van der Waals surface area contributed by atoms with Gasteiger partial charge in [-0.1, -0.05) is 6.92 Å². The van der Waals surface area contributed by atoms with Gasteiger partial charge in [-0.2, -0.15) is 0 Å². The van der Waals surface area contributed by atoms with Crippen molar-refractivity contribution < 1.29 is 9.47 Å². The maximum Gasteiger partial charge on any atom is 0.232 e. The van der Waals surface area contributed by atoms with Gasteiger partial charge in [0.05, 0.1) is 30.6 Å². The second kappa shape index (κ2) is 7.43. The van der Waals surface area contributed by atoms with E-state index in [4.69, 9.17) is 21.1 Å². The molecule has 0 spiro atoms. The van der Waals surface area contributed by atoms with E-state index in [0.717, 1.165) is 18.7 Å². The molecule has 0 saturated heterocycles. The highest BCUT2D eigenvalue weighted by atomic mass is 35.5. The van der Waals surface area contributed by atoms with E-state index >= 15 is 0 Å². The summed E-state index contributed by atoms with van der Waals surface area (Å²) in [6.07, 6.45) is 4.19. The van der Waals surface area contributed by atoms with Crippen molar-refractivity contribution in [3.63, 3.8) is 0 Å². The molecule has 1 rings (SSSR count). The molecule has 1 aromatic heterocycles. The minimum Gasteiger partial charge on any atom is -0.474 e. The van der Waals surface area contributed by atoms with Gasteiger partial charge in [0.15, 0.2) is 0 Å². The average molecular weight is 231 g/mol. The molecule has 0 unspecified atom stereocenters. The number of halogens is 1. The van der Waals surface area contributed by atoms with Crippen LogP contribution in [0.4, 0.5) is 0 Å². The number of aromatic nitrogens is 2. The third-order valence-corrected chi connectivity index (χ3v) is 1.92. The van der Waals surface area contributed by atoms with E-state index in [1.807, 2.05) is 0 Å². The first-order chi connectivity index (χ1) is 7.36. The molecule has 0 aliphatic carbocycles. The lowest BCUT2D eigenvalue weighted by atomic mass is 10.5. The van der Waals surface area contributed by atoms with Crippen LogP contribution in [-0.2, 0) is 10.6 Å². The maximum atomic E-state index is 5.58. The molecule has 1 aromatic rings. The molecule has 0 fully saturated rings. The number of alkyl halides is 1. The van der Waals surface area contributed by atoms with E-state index in [9.17, 15) is 0 Å². The van der Waals surface area contributed by atoms with Crippen LogP contribution in [0.1, 0.15) is 19.0 Å². The lowest BCUT2D eigenvalue weighted by Crippen LogP contribution is -2.08. The molecule has 0 bridgehead atoms. The van der Waals surface area contributed by atoms with Crippen molar-refractivity contribution in [1.29, 1.82) is 0 Å².